The fourth-order valence-electron chi connectivity index (χ4n) is 2.19. The third-order valence-electron chi connectivity index (χ3n) is 3.48. The third-order valence-corrected chi connectivity index (χ3v) is 5.39. The molecule has 0 heterocycles. The summed E-state index contributed by atoms with van der Waals surface area (Å²) in [6.07, 6.45) is 3.30. The Balaban J connectivity index is 2.76. The maximum absolute atomic E-state index is 12.4. The molecule has 0 atom stereocenters. The van der Waals surface area contributed by atoms with Crippen LogP contribution in [0.2, 0.25) is 0 Å². The van der Waals surface area contributed by atoms with Crippen molar-refractivity contribution >= 4 is 21.6 Å². The second-order valence-corrected chi connectivity index (χ2v) is 7.32. The van der Waals surface area contributed by atoms with Gasteiger partial charge in [-0.3, -0.25) is 4.79 Å². The van der Waals surface area contributed by atoms with E-state index in [1.807, 2.05) is 0 Å². The molecular weight excluding hydrogens is 332 g/mol. The summed E-state index contributed by atoms with van der Waals surface area (Å²) >= 11 is 0. The smallest absolute Gasteiger partial charge is 0.243 e. The van der Waals surface area contributed by atoms with Crippen LogP contribution in [0.25, 0.3) is 0 Å². The second-order valence-electron chi connectivity index (χ2n) is 5.38. The van der Waals surface area contributed by atoms with Gasteiger partial charge >= 0.3 is 0 Å². The van der Waals surface area contributed by atoms with E-state index in [0.29, 0.717) is 12.1 Å². The van der Waals surface area contributed by atoms with Crippen molar-refractivity contribution in [2.75, 3.05) is 31.6 Å². The van der Waals surface area contributed by atoms with Crippen LogP contribution in [0.1, 0.15) is 32.6 Å². The number of unbranched alkanes of at least 4 members (excludes halogenated alkanes) is 2. The molecule has 0 aromatic heterocycles. The van der Waals surface area contributed by atoms with E-state index < -0.39 is 10.0 Å². The number of carbonyl (C=O) groups is 1. The summed E-state index contributed by atoms with van der Waals surface area (Å²) in [5, 5.41) is 20.7. The van der Waals surface area contributed by atoms with Crippen molar-refractivity contribution in [3.63, 3.8) is 0 Å². The van der Waals surface area contributed by atoms with E-state index in [9.17, 15) is 13.2 Å². The Morgan fingerprint density at radius 1 is 1.08 bits per heavy atom. The van der Waals surface area contributed by atoms with Crippen LogP contribution in [-0.2, 0) is 14.8 Å². The Morgan fingerprint density at radius 2 is 1.67 bits per heavy atom. The zero-order chi connectivity index (χ0) is 18.0. The van der Waals surface area contributed by atoms with Gasteiger partial charge in [0.05, 0.1) is 18.1 Å². The van der Waals surface area contributed by atoms with Crippen LogP contribution in [0.4, 0.5) is 5.69 Å². The van der Waals surface area contributed by atoms with Gasteiger partial charge in [0.25, 0.3) is 0 Å². The molecule has 8 heteroatoms. The van der Waals surface area contributed by atoms with Gasteiger partial charge in [-0.2, -0.15) is 4.31 Å². The number of hydrogen-bond acceptors (Lipinski definition) is 5. The minimum absolute atomic E-state index is 0.0494. The molecular formula is C16H26N2O5S. The summed E-state index contributed by atoms with van der Waals surface area (Å²) in [4.78, 5) is 11.8. The molecule has 1 amide bonds. The van der Waals surface area contributed by atoms with Crippen molar-refractivity contribution in [2.45, 2.75) is 37.5 Å². The summed E-state index contributed by atoms with van der Waals surface area (Å²) in [5.74, 6) is -0.0961. The number of amides is 1. The van der Waals surface area contributed by atoms with E-state index >= 15 is 0 Å². The van der Waals surface area contributed by atoms with Crippen molar-refractivity contribution in [1.82, 2.24) is 4.31 Å². The summed E-state index contributed by atoms with van der Waals surface area (Å²) < 4.78 is 25.9. The molecule has 0 aliphatic heterocycles. The maximum atomic E-state index is 12.4. The SMILES string of the molecule is CCCCCC(=O)Nc1ccc(S(=O)(=O)N(CCO)CCO)cc1. The topological polar surface area (TPSA) is 107 Å². The van der Waals surface area contributed by atoms with Crippen molar-refractivity contribution in [3.05, 3.63) is 24.3 Å². The molecule has 0 saturated heterocycles. The quantitative estimate of drug-likeness (QED) is 0.515. The molecule has 0 saturated carbocycles. The molecule has 7 nitrogen and oxygen atoms in total. The van der Waals surface area contributed by atoms with Gasteiger partial charge in [0.2, 0.25) is 15.9 Å². The van der Waals surface area contributed by atoms with Crippen LogP contribution >= 0.6 is 0 Å². The number of sulfonamides is 1. The molecule has 3 N–H and O–H groups in total. The van der Waals surface area contributed by atoms with E-state index in [1.54, 1.807) is 0 Å². The van der Waals surface area contributed by atoms with Gasteiger partial charge < -0.3 is 15.5 Å². The Kier molecular flexibility index (Phi) is 8.91. The lowest BCUT2D eigenvalue weighted by molar-refractivity contribution is -0.116. The van der Waals surface area contributed by atoms with Crippen LogP contribution in [0.3, 0.4) is 0 Å². The normalized spacial score (nSPS) is 11.7. The number of rotatable bonds is 11. The first-order chi connectivity index (χ1) is 11.5. The third kappa shape index (κ3) is 6.20. The first kappa shape index (κ1) is 20.6. The van der Waals surface area contributed by atoms with Gasteiger partial charge in [0, 0.05) is 25.2 Å². The lowest BCUT2D eigenvalue weighted by Crippen LogP contribution is -2.35. The van der Waals surface area contributed by atoms with Crippen LogP contribution < -0.4 is 5.32 Å². The minimum atomic E-state index is -3.79. The highest BCUT2D eigenvalue weighted by atomic mass is 32.2. The lowest BCUT2D eigenvalue weighted by Gasteiger charge is -2.20. The Bertz CT molecular complexity index is 595. The molecule has 1 rings (SSSR count). The van der Waals surface area contributed by atoms with E-state index in [4.69, 9.17) is 10.2 Å². The molecule has 0 aliphatic carbocycles. The van der Waals surface area contributed by atoms with Crippen molar-refractivity contribution in [1.29, 1.82) is 0 Å². The molecule has 0 bridgehead atoms. The predicted molar refractivity (Wildman–Crippen MR) is 92.1 cm³/mol. The molecule has 0 aliphatic rings. The van der Waals surface area contributed by atoms with Crippen molar-refractivity contribution in [3.8, 4) is 0 Å². The Labute approximate surface area is 143 Å². The van der Waals surface area contributed by atoms with E-state index in [0.717, 1.165) is 23.6 Å². The summed E-state index contributed by atoms with van der Waals surface area (Å²) in [6.45, 7) is 1.24. The maximum Gasteiger partial charge on any atom is 0.243 e. The number of nitrogens with one attached hydrogen (secondary N) is 1. The number of benzene rings is 1. The van der Waals surface area contributed by atoms with Gasteiger partial charge in [-0.25, -0.2) is 8.42 Å². The monoisotopic (exact) mass is 358 g/mol. The molecule has 0 unspecified atom stereocenters. The van der Waals surface area contributed by atoms with Gasteiger partial charge in [-0.15, -0.1) is 0 Å². The second kappa shape index (κ2) is 10.4. The fraction of sp³-hybridized carbons (Fsp3) is 0.562. The highest BCUT2D eigenvalue weighted by Gasteiger charge is 2.23. The highest BCUT2D eigenvalue weighted by molar-refractivity contribution is 7.89. The van der Waals surface area contributed by atoms with Gasteiger partial charge in [-0.05, 0) is 30.7 Å². The number of aliphatic hydroxyl groups is 2. The van der Waals surface area contributed by atoms with E-state index in [-0.39, 0.29) is 37.1 Å². The molecule has 0 spiro atoms. The molecule has 0 radical (unpaired) electrons. The molecule has 0 fully saturated rings. The number of aliphatic hydroxyl groups excluding tert-OH is 2. The zero-order valence-electron chi connectivity index (χ0n) is 13.9. The molecule has 24 heavy (non-hydrogen) atoms. The minimum Gasteiger partial charge on any atom is -0.395 e. The van der Waals surface area contributed by atoms with Crippen LogP contribution in [0, 0.1) is 0 Å². The van der Waals surface area contributed by atoms with Crippen LogP contribution in [0.5, 0.6) is 0 Å². The Hall–Kier alpha value is -1.48. The predicted octanol–water partition coefficient (Wildman–Crippen LogP) is 1.18. The van der Waals surface area contributed by atoms with E-state index in [2.05, 4.69) is 12.2 Å². The fourth-order valence-corrected chi connectivity index (χ4v) is 3.62. The van der Waals surface area contributed by atoms with E-state index in [1.165, 1.54) is 24.3 Å². The van der Waals surface area contributed by atoms with Crippen LogP contribution in [-0.4, -0.2) is 55.1 Å². The molecule has 1 aromatic carbocycles. The van der Waals surface area contributed by atoms with Gasteiger partial charge in [0.15, 0.2) is 0 Å². The van der Waals surface area contributed by atoms with Crippen LogP contribution in [0.15, 0.2) is 29.2 Å². The van der Waals surface area contributed by atoms with Crippen molar-refractivity contribution in [2.24, 2.45) is 0 Å². The summed E-state index contributed by atoms with van der Waals surface area (Å²) in [6, 6.07) is 5.86. The average molecular weight is 358 g/mol. The first-order valence-corrected chi connectivity index (χ1v) is 9.51. The summed E-state index contributed by atoms with van der Waals surface area (Å²) in [5.41, 5.74) is 0.534. The zero-order valence-corrected chi connectivity index (χ0v) is 14.8. The lowest BCUT2D eigenvalue weighted by atomic mass is 10.2. The van der Waals surface area contributed by atoms with Crippen molar-refractivity contribution < 1.29 is 23.4 Å². The number of anilines is 1. The molecule has 136 valence electrons. The average Bonchev–Trinajstić information content (AvgIpc) is 2.55. The van der Waals surface area contributed by atoms with Gasteiger partial charge in [0.1, 0.15) is 0 Å². The first-order valence-electron chi connectivity index (χ1n) is 8.07. The number of hydrogen-bond donors (Lipinski definition) is 3. The molecule has 1 aromatic rings. The number of carbonyl (C=O) groups excluding carboxylic acids is 1. The summed E-state index contributed by atoms with van der Waals surface area (Å²) in [7, 11) is -3.79. The highest BCUT2D eigenvalue weighted by Crippen LogP contribution is 2.18. The largest absolute Gasteiger partial charge is 0.395 e. The number of nitrogens with zero attached hydrogens (tertiary/aromatic N) is 1. The Morgan fingerprint density at radius 3 is 2.17 bits per heavy atom. The van der Waals surface area contributed by atoms with Gasteiger partial charge in [-0.1, -0.05) is 19.8 Å². The standard InChI is InChI=1S/C16H26N2O5S/c1-2-3-4-5-16(21)17-14-6-8-15(9-7-14)24(22,23)18(10-12-19)11-13-20/h6-9,19-20H,2-5,10-13H2,1H3,(H,17,21).